The Labute approximate surface area is 121 Å². The predicted octanol–water partition coefficient (Wildman–Crippen LogP) is 5.55. The van der Waals surface area contributed by atoms with Crippen LogP contribution in [-0.4, -0.2) is 0 Å². The molecule has 0 nitrogen and oxygen atoms in total. The lowest BCUT2D eigenvalue weighted by Gasteiger charge is -2.30. The largest absolute Gasteiger partial charge is 0.0619 e. The van der Waals surface area contributed by atoms with Gasteiger partial charge >= 0.3 is 0 Å². The van der Waals surface area contributed by atoms with Gasteiger partial charge in [0.1, 0.15) is 0 Å². The second-order valence-electron chi connectivity index (χ2n) is 6.58. The second kappa shape index (κ2) is 4.77. The first-order chi connectivity index (χ1) is 9.84. The van der Waals surface area contributed by atoms with E-state index in [1.807, 2.05) is 0 Å². The van der Waals surface area contributed by atoms with E-state index in [2.05, 4.69) is 49.4 Å². The monoisotopic (exact) mass is 262 g/mol. The van der Waals surface area contributed by atoms with Crippen LogP contribution >= 0.6 is 0 Å². The van der Waals surface area contributed by atoms with Gasteiger partial charge in [0.15, 0.2) is 0 Å². The highest BCUT2D eigenvalue weighted by atomic mass is 14.3. The molecule has 0 spiro atoms. The van der Waals surface area contributed by atoms with Gasteiger partial charge in [-0.3, -0.25) is 0 Å². The molecule has 2 aliphatic rings. The van der Waals surface area contributed by atoms with Crippen LogP contribution in [0.4, 0.5) is 0 Å². The van der Waals surface area contributed by atoms with Crippen molar-refractivity contribution in [2.24, 2.45) is 5.92 Å². The topological polar surface area (TPSA) is 0 Å². The van der Waals surface area contributed by atoms with Crippen LogP contribution < -0.4 is 0 Å². The van der Waals surface area contributed by atoms with Crippen LogP contribution in [0.5, 0.6) is 0 Å². The molecule has 2 aromatic carbocycles. The van der Waals surface area contributed by atoms with Gasteiger partial charge in [-0.15, -0.1) is 0 Å². The van der Waals surface area contributed by atoms with E-state index in [9.17, 15) is 0 Å². The van der Waals surface area contributed by atoms with E-state index in [0.717, 1.165) is 18.3 Å². The molecule has 0 saturated heterocycles. The second-order valence-corrected chi connectivity index (χ2v) is 6.58. The van der Waals surface area contributed by atoms with Crippen molar-refractivity contribution in [1.82, 2.24) is 0 Å². The zero-order chi connectivity index (χ0) is 13.5. The quantitative estimate of drug-likeness (QED) is 0.539. The summed E-state index contributed by atoms with van der Waals surface area (Å²) in [6.07, 6.45) is 6.76. The summed E-state index contributed by atoms with van der Waals surface area (Å²) in [6.45, 7) is 2.45. The minimum Gasteiger partial charge on any atom is -0.0619 e. The van der Waals surface area contributed by atoms with Crippen LogP contribution in [0.3, 0.4) is 0 Å². The van der Waals surface area contributed by atoms with Gasteiger partial charge in [0.25, 0.3) is 0 Å². The Bertz CT molecular complexity index is 638. The average Bonchev–Trinajstić information content (AvgIpc) is 2.86. The highest BCUT2D eigenvalue weighted by molar-refractivity contribution is 5.78. The van der Waals surface area contributed by atoms with Gasteiger partial charge < -0.3 is 0 Å². The molecule has 2 atom stereocenters. The average molecular weight is 262 g/mol. The summed E-state index contributed by atoms with van der Waals surface area (Å²) in [5, 5.41) is 0. The Balaban J connectivity index is 1.81. The van der Waals surface area contributed by atoms with E-state index >= 15 is 0 Å². The van der Waals surface area contributed by atoms with Crippen LogP contribution in [0, 0.1) is 5.92 Å². The number of rotatable bonds is 1. The highest BCUT2D eigenvalue weighted by Crippen LogP contribution is 2.45. The lowest BCUT2D eigenvalue weighted by atomic mass is 9.74. The van der Waals surface area contributed by atoms with Crippen molar-refractivity contribution < 1.29 is 0 Å². The van der Waals surface area contributed by atoms with Crippen LogP contribution in [0.1, 0.15) is 55.2 Å². The van der Waals surface area contributed by atoms with E-state index in [4.69, 9.17) is 0 Å². The van der Waals surface area contributed by atoms with Crippen molar-refractivity contribution in [2.75, 3.05) is 0 Å². The minimum absolute atomic E-state index is 0.785. The third-order valence-electron chi connectivity index (χ3n) is 5.40. The number of benzene rings is 2. The Morgan fingerprint density at radius 1 is 0.850 bits per heavy atom. The fourth-order valence-corrected chi connectivity index (χ4v) is 4.31. The fraction of sp³-hybridized carbons (Fsp3) is 0.400. The third kappa shape index (κ3) is 1.82. The molecule has 102 valence electrons. The summed E-state index contributed by atoms with van der Waals surface area (Å²) >= 11 is 0. The summed E-state index contributed by atoms with van der Waals surface area (Å²) in [5.41, 5.74) is 7.74. The maximum atomic E-state index is 2.45. The molecule has 2 aliphatic carbocycles. The number of hydrogen-bond donors (Lipinski definition) is 0. The predicted molar refractivity (Wildman–Crippen MR) is 85.1 cm³/mol. The number of fused-ring (bicyclic) bond motifs is 3. The fourth-order valence-electron chi connectivity index (χ4n) is 4.31. The molecule has 4 rings (SSSR count). The third-order valence-corrected chi connectivity index (χ3v) is 5.40. The van der Waals surface area contributed by atoms with Crippen molar-refractivity contribution >= 4 is 0 Å². The minimum atomic E-state index is 0.785. The van der Waals surface area contributed by atoms with Crippen LogP contribution in [-0.2, 0) is 6.42 Å². The lowest BCUT2D eigenvalue weighted by molar-refractivity contribution is 0.329. The van der Waals surface area contributed by atoms with Crippen LogP contribution in [0.25, 0.3) is 11.1 Å². The summed E-state index contributed by atoms with van der Waals surface area (Å²) in [7, 11) is 0. The molecule has 0 bridgehead atoms. The molecule has 0 heteroatoms. The van der Waals surface area contributed by atoms with Crippen LogP contribution in [0.2, 0.25) is 0 Å². The molecular weight excluding hydrogens is 240 g/mol. The van der Waals surface area contributed by atoms with Gasteiger partial charge in [-0.1, -0.05) is 68.7 Å². The summed E-state index contributed by atoms with van der Waals surface area (Å²) in [5.74, 6) is 1.63. The first-order valence-electron chi connectivity index (χ1n) is 8.04. The highest BCUT2D eigenvalue weighted by Gasteiger charge is 2.28. The Kier molecular flexibility index (Phi) is 2.91. The molecule has 1 saturated carbocycles. The van der Waals surface area contributed by atoms with E-state index in [-0.39, 0.29) is 0 Å². The maximum Gasteiger partial charge on any atom is -0.00106 e. The molecule has 20 heavy (non-hydrogen) atoms. The molecule has 0 heterocycles. The van der Waals surface area contributed by atoms with Crippen molar-refractivity contribution in [3.63, 3.8) is 0 Å². The smallest absolute Gasteiger partial charge is 0.00106 e. The summed E-state index contributed by atoms with van der Waals surface area (Å²) < 4.78 is 0. The molecule has 0 radical (unpaired) electrons. The van der Waals surface area contributed by atoms with Gasteiger partial charge in [-0.25, -0.2) is 0 Å². The normalized spacial score (nSPS) is 24.2. The summed E-state index contributed by atoms with van der Waals surface area (Å²) in [4.78, 5) is 0. The van der Waals surface area contributed by atoms with E-state index in [0.29, 0.717) is 0 Å². The summed E-state index contributed by atoms with van der Waals surface area (Å²) in [6, 6.07) is 15.9. The maximum absolute atomic E-state index is 2.45. The van der Waals surface area contributed by atoms with Crippen molar-refractivity contribution in [3.05, 3.63) is 59.2 Å². The zero-order valence-corrected chi connectivity index (χ0v) is 12.2. The molecule has 0 aliphatic heterocycles. The zero-order valence-electron chi connectivity index (χ0n) is 12.2. The first kappa shape index (κ1) is 12.2. The molecule has 1 fully saturated rings. The van der Waals surface area contributed by atoms with E-state index in [1.54, 1.807) is 11.1 Å². The Hall–Kier alpha value is -1.56. The van der Waals surface area contributed by atoms with Crippen molar-refractivity contribution in [1.29, 1.82) is 0 Å². The molecular formula is C20H22. The Morgan fingerprint density at radius 2 is 1.65 bits per heavy atom. The SMILES string of the molecule is CC1CCCCC1c1cccc2c1Cc1ccccc1-2. The van der Waals surface area contributed by atoms with Crippen LogP contribution in [0.15, 0.2) is 42.5 Å². The van der Waals surface area contributed by atoms with E-state index in [1.165, 1.54) is 42.4 Å². The molecule has 0 amide bonds. The molecule has 2 aromatic rings. The van der Waals surface area contributed by atoms with Gasteiger partial charge in [0.2, 0.25) is 0 Å². The lowest BCUT2D eigenvalue weighted by Crippen LogP contribution is -2.16. The molecule has 2 unspecified atom stereocenters. The Morgan fingerprint density at radius 3 is 2.55 bits per heavy atom. The standard InChI is InChI=1S/C20H22/c1-14-7-2-4-9-16(14)18-11-6-12-19-17-10-5-3-8-15(17)13-20(18)19/h3,5-6,8,10-12,14,16H,2,4,7,9,13H2,1H3. The van der Waals surface area contributed by atoms with Gasteiger partial charge in [0.05, 0.1) is 0 Å². The molecule has 0 aromatic heterocycles. The van der Waals surface area contributed by atoms with E-state index < -0.39 is 0 Å². The van der Waals surface area contributed by atoms with Crippen molar-refractivity contribution in [2.45, 2.75) is 44.9 Å². The first-order valence-corrected chi connectivity index (χ1v) is 8.04. The molecule has 0 N–H and O–H groups in total. The number of hydrogen-bond acceptors (Lipinski definition) is 0. The van der Waals surface area contributed by atoms with Crippen molar-refractivity contribution in [3.8, 4) is 11.1 Å². The van der Waals surface area contributed by atoms with Gasteiger partial charge in [0, 0.05) is 0 Å². The van der Waals surface area contributed by atoms with Gasteiger partial charge in [-0.2, -0.15) is 0 Å². The van der Waals surface area contributed by atoms with Gasteiger partial charge in [-0.05, 0) is 52.5 Å².